The molecule has 1 amide bonds. The van der Waals surface area contributed by atoms with Gasteiger partial charge in [0.25, 0.3) is 0 Å². The summed E-state index contributed by atoms with van der Waals surface area (Å²) in [5.74, 6) is 0.552. The molecule has 2 rings (SSSR count). The van der Waals surface area contributed by atoms with Crippen molar-refractivity contribution in [3.63, 3.8) is 0 Å². The maximum atomic E-state index is 11.8. The van der Waals surface area contributed by atoms with Crippen molar-refractivity contribution >= 4 is 17.5 Å². The smallest absolute Gasteiger partial charge is 0.224 e. The topological polar surface area (TPSA) is 67.0 Å². The Balaban J connectivity index is 1.96. The Morgan fingerprint density at radius 3 is 3.05 bits per heavy atom. The van der Waals surface area contributed by atoms with Crippen molar-refractivity contribution in [1.82, 2.24) is 15.3 Å². The van der Waals surface area contributed by atoms with Crippen LogP contribution in [0.4, 0.5) is 0 Å². The normalized spacial score (nSPS) is 10.2. The predicted octanol–water partition coefficient (Wildman–Crippen LogP) is 1.93. The third-order valence-corrected chi connectivity index (χ3v) is 2.86. The van der Waals surface area contributed by atoms with Gasteiger partial charge in [-0.1, -0.05) is 11.6 Å². The highest BCUT2D eigenvalue weighted by molar-refractivity contribution is 6.30. The molecule has 2 N–H and O–H groups in total. The molecular formula is C13H14ClN3O2. The second-order valence-electron chi connectivity index (χ2n) is 3.99. The molecule has 0 bridgehead atoms. The minimum absolute atomic E-state index is 0.102. The Hall–Kier alpha value is -2.01. The minimum Gasteiger partial charge on any atom is -0.496 e. The number of carbonyl (C=O) groups is 1. The molecule has 0 saturated heterocycles. The first-order valence-corrected chi connectivity index (χ1v) is 6.13. The molecule has 100 valence electrons. The first-order valence-electron chi connectivity index (χ1n) is 5.75. The number of halogens is 1. The van der Waals surface area contributed by atoms with Crippen molar-refractivity contribution in [3.8, 4) is 5.75 Å². The lowest BCUT2D eigenvalue weighted by Crippen LogP contribution is -2.24. The molecule has 6 heteroatoms. The molecule has 0 aliphatic rings. The summed E-state index contributed by atoms with van der Waals surface area (Å²) < 4.78 is 5.20. The third-order valence-electron chi connectivity index (χ3n) is 2.62. The summed E-state index contributed by atoms with van der Waals surface area (Å²) in [5.41, 5.74) is 1.61. The van der Waals surface area contributed by atoms with E-state index in [1.54, 1.807) is 37.8 Å². The number of aromatic nitrogens is 2. The summed E-state index contributed by atoms with van der Waals surface area (Å²) >= 11 is 5.92. The predicted molar refractivity (Wildman–Crippen MR) is 72.1 cm³/mol. The molecule has 1 aromatic heterocycles. The first kappa shape index (κ1) is 13.4. The van der Waals surface area contributed by atoms with Gasteiger partial charge >= 0.3 is 0 Å². The number of aromatic amines is 1. The van der Waals surface area contributed by atoms with Gasteiger partial charge in [0.2, 0.25) is 5.91 Å². The lowest BCUT2D eigenvalue weighted by molar-refractivity contribution is -0.120. The van der Waals surface area contributed by atoms with Gasteiger partial charge in [0.05, 0.1) is 32.1 Å². The summed E-state index contributed by atoms with van der Waals surface area (Å²) in [7, 11) is 1.56. The lowest BCUT2D eigenvalue weighted by Gasteiger charge is -2.09. The zero-order valence-corrected chi connectivity index (χ0v) is 11.2. The van der Waals surface area contributed by atoms with Gasteiger partial charge in [-0.3, -0.25) is 4.79 Å². The molecule has 1 aromatic carbocycles. The van der Waals surface area contributed by atoms with Crippen LogP contribution in [0.3, 0.4) is 0 Å². The number of hydrogen-bond acceptors (Lipinski definition) is 3. The van der Waals surface area contributed by atoms with Crippen LogP contribution in [0, 0.1) is 0 Å². The van der Waals surface area contributed by atoms with Crippen molar-refractivity contribution in [1.29, 1.82) is 0 Å². The fourth-order valence-corrected chi connectivity index (χ4v) is 1.89. The summed E-state index contributed by atoms with van der Waals surface area (Å²) in [5, 5.41) is 3.38. The third kappa shape index (κ3) is 3.72. The number of rotatable bonds is 5. The largest absolute Gasteiger partial charge is 0.496 e. The molecule has 0 fully saturated rings. The molecule has 0 atom stereocenters. The number of nitrogens with one attached hydrogen (secondary N) is 2. The molecule has 0 radical (unpaired) electrons. The van der Waals surface area contributed by atoms with Crippen LogP contribution < -0.4 is 10.1 Å². The zero-order chi connectivity index (χ0) is 13.7. The van der Waals surface area contributed by atoms with Crippen molar-refractivity contribution in [2.45, 2.75) is 13.0 Å². The van der Waals surface area contributed by atoms with E-state index >= 15 is 0 Å². The second-order valence-corrected chi connectivity index (χ2v) is 4.42. The van der Waals surface area contributed by atoms with Crippen LogP contribution in [0.1, 0.15) is 11.3 Å². The van der Waals surface area contributed by atoms with Gasteiger partial charge in [0, 0.05) is 16.8 Å². The van der Waals surface area contributed by atoms with E-state index in [1.807, 2.05) is 0 Å². The van der Waals surface area contributed by atoms with E-state index in [2.05, 4.69) is 15.3 Å². The summed E-state index contributed by atoms with van der Waals surface area (Å²) in [4.78, 5) is 18.6. The van der Waals surface area contributed by atoms with Crippen molar-refractivity contribution in [2.75, 3.05) is 7.11 Å². The van der Waals surface area contributed by atoms with Crippen molar-refractivity contribution in [2.24, 2.45) is 0 Å². The molecule has 0 aliphatic heterocycles. The molecule has 0 spiro atoms. The van der Waals surface area contributed by atoms with E-state index in [0.717, 1.165) is 11.3 Å². The summed E-state index contributed by atoms with van der Waals surface area (Å²) in [6.07, 6.45) is 3.46. The monoisotopic (exact) mass is 279 g/mol. The van der Waals surface area contributed by atoms with Crippen LogP contribution in [-0.2, 0) is 17.8 Å². The molecule has 0 aliphatic carbocycles. The van der Waals surface area contributed by atoms with Crippen molar-refractivity contribution in [3.05, 3.63) is 47.0 Å². The number of ether oxygens (including phenoxy) is 1. The molecular weight excluding hydrogens is 266 g/mol. The van der Waals surface area contributed by atoms with E-state index in [9.17, 15) is 4.79 Å². The van der Waals surface area contributed by atoms with Crippen LogP contribution in [0.15, 0.2) is 30.7 Å². The number of benzene rings is 1. The fourth-order valence-electron chi connectivity index (χ4n) is 1.70. The van der Waals surface area contributed by atoms with Gasteiger partial charge in [-0.15, -0.1) is 0 Å². The maximum absolute atomic E-state index is 11.8. The van der Waals surface area contributed by atoms with E-state index in [4.69, 9.17) is 16.3 Å². The average Bonchev–Trinajstić information content (AvgIpc) is 2.90. The highest BCUT2D eigenvalue weighted by atomic mass is 35.5. The van der Waals surface area contributed by atoms with Crippen LogP contribution in [0.5, 0.6) is 5.75 Å². The molecule has 1 heterocycles. The highest BCUT2D eigenvalue weighted by Crippen LogP contribution is 2.22. The number of nitrogens with zero attached hydrogens (tertiary/aromatic N) is 1. The number of amides is 1. The fraction of sp³-hybridized carbons (Fsp3) is 0.231. The Bertz CT molecular complexity index is 555. The maximum Gasteiger partial charge on any atom is 0.224 e. The van der Waals surface area contributed by atoms with Gasteiger partial charge in [0.1, 0.15) is 5.75 Å². The van der Waals surface area contributed by atoms with Crippen LogP contribution in [-0.4, -0.2) is 23.0 Å². The molecule has 0 saturated carbocycles. The van der Waals surface area contributed by atoms with E-state index in [0.29, 0.717) is 17.3 Å². The Morgan fingerprint density at radius 2 is 2.37 bits per heavy atom. The van der Waals surface area contributed by atoms with Crippen LogP contribution in [0.2, 0.25) is 5.02 Å². The van der Waals surface area contributed by atoms with Crippen LogP contribution >= 0.6 is 11.6 Å². The van der Waals surface area contributed by atoms with E-state index < -0.39 is 0 Å². The molecule has 19 heavy (non-hydrogen) atoms. The Kier molecular flexibility index (Phi) is 4.41. The van der Waals surface area contributed by atoms with Gasteiger partial charge < -0.3 is 15.0 Å². The average molecular weight is 280 g/mol. The number of H-pyrrole nitrogens is 1. The standard InChI is InChI=1S/C13H14ClN3O2/c1-19-12-3-2-10(14)4-9(12)5-13(18)16-7-11-6-15-8-17-11/h2-4,6,8H,5,7H2,1H3,(H,15,17)(H,16,18). The Morgan fingerprint density at radius 1 is 1.53 bits per heavy atom. The molecule has 0 unspecified atom stereocenters. The number of imidazole rings is 1. The SMILES string of the molecule is COc1ccc(Cl)cc1CC(=O)NCc1cnc[nH]1. The minimum atomic E-state index is -0.102. The summed E-state index contributed by atoms with van der Waals surface area (Å²) in [6, 6.07) is 5.21. The summed E-state index contributed by atoms with van der Waals surface area (Å²) in [6.45, 7) is 0.418. The van der Waals surface area contributed by atoms with Crippen molar-refractivity contribution < 1.29 is 9.53 Å². The molecule has 5 nitrogen and oxygen atoms in total. The number of carbonyl (C=O) groups excluding carboxylic acids is 1. The van der Waals surface area contributed by atoms with Gasteiger partial charge in [0.15, 0.2) is 0 Å². The second kappa shape index (κ2) is 6.24. The van der Waals surface area contributed by atoms with E-state index in [1.165, 1.54) is 0 Å². The van der Waals surface area contributed by atoms with Crippen LogP contribution in [0.25, 0.3) is 0 Å². The first-order chi connectivity index (χ1) is 9.19. The quantitative estimate of drug-likeness (QED) is 0.879. The van der Waals surface area contributed by atoms with Gasteiger partial charge in [-0.2, -0.15) is 0 Å². The number of hydrogen-bond donors (Lipinski definition) is 2. The molecule has 2 aromatic rings. The highest BCUT2D eigenvalue weighted by Gasteiger charge is 2.09. The van der Waals surface area contributed by atoms with Gasteiger partial charge in [-0.05, 0) is 18.2 Å². The number of methoxy groups -OCH3 is 1. The zero-order valence-electron chi connectivity index (χ0n) is 10.4. The Labute approximate surface area is 116 Å². The van der Waals surface area contributed by atoms with E-state index in [-0.39, 0.29) is 12.3 Å². The van der Waals surface area contributed by atoms with Gasteiger partial charge in [-0.25, -0.2) is 4.98 Å². The lowest BCUT2D eigenvalue weighted by atomic mass is 10.1.